The molecule has 1 aromatic heterocycles. The number of amides is 1. The molecule has 0 fully saturated rings. The quantitative estimate of drug-likeness (QED) is 0.433. The number of fused-ring (bicyclic) bond motifs is 1. The van der Waals surface area contributed by atoms with Gasteiger partial charge >= 0.3 is 0 Å². The zero-order chi connectivity index (χ0) is 21.0. The first-order valence-electron chi connectivity index (χ1n) is 9.23. The van der Waals surface area contributed by atoms with Crippen LogP contribution < -0.4 is 10.9 Å². The van der Waals surface area contributed by atoms with Crippen molar-refractivity contribution in [2.75, 3.05) is 13.7 Å². The molecule has 2 N–H and O–H groups in total. The molecule has 0 bridgehead atoms. The standard InChI is InChI=1S/C21H22ClN3O3S/c1-13(15-6-3-4-7-17(15)22)23-19(26)14-8-9-16-18(12-14)24-21(29)25(20(16)27)10-5-11-28-2/h3-4,6-9,12-13H,5,10-11H2,1-2H3,(H,23,26)(H,24,29). The van der Waals surface area contributed by atoms with Gasteiger partial charge in [-0.2, -0.15) is 0 Å². The number of carbonyl (C=O) groups is 1. The van der Waals surface area contributed by atoms with E-state index < -0.39 is 0 Å². The zero-order valence-corrected chi connectivity index (χ0v) is 17.8. The molecule has 0 saturated heterocycles. The Labute approximate surface area is 178 Å². The van der Waals surface area contributed by atoms with Gasteiger partial charge in [-0.3, -0.25) is 14.2 Å². The molecule has 0 aliphatic carbocycles. The summed E-state index contributed by atoms with van der Waals surface area (Å²) >= 11 is 11.5. The van der Waals surface area contributed by atoms with Gasteiger partial charge in [-0.25, -0.2) is 0 Å². The molecule has 3 rings (SSSR count). The Kier molecular flexibility index (Phi) is 6.84. The summed E-state index contributed by atoms with van der Waals surface area (Å²) < 4.78 is 6.86. The van der Waals surface area contributed by atoms with E-state index in [1.165, 1.54) is 4.57 Å². The lowest BCUT2D eigenvalue weighted by Crippen LogP contribution is -2.27. The van der Waals surface area contributed by atoms with E-state index >= 15 is 0 Å². The number of aromatic amines is 1. The Hall–Kier alpha value is -2.48. The van der Waals surface area contributed by atoms with Gasteiger partial charge in [0.05, 0.1) is 16.9 Å². The Balaban J connectivity index is 1.86. The van der Waals surface area contributed by atoms with E-state index in [1.807, 2.05) is 25.1 Å². The maximum absolute atomic E-state index is 12.7. The van der Waals surface area contributed by atoms with E-state index in [9.17, 15) is 9.59 Å². The molecule has 1 amide bonds. The van der Waals surface area contributed by atoms with Gasteiger partial charge in [0.1, 0.15) is 0 Å². The lowest BCUT2D eigenvalue weighted by atomic mass is 10.1. The average molecular weight is 432 g/mol. The lowest BCUT2D eigenvalue weighted by molar-refractivity contribution is 0.0940. The normalized spacial score (nSPS) is 12.1. The van der Waals surface area contributed by atoms with Crippen LogP contribution in [0.3, 0.4) is 0 Å². The molecule has 0 aliphatic rings. The molecule has 29 heavy (non-hydrogen) atoms. The van der Waals surface area contributed by atoms with Gasteiger partial charge < -0.3 is 15.0 Å². The summed E-state index contributed by atoms with van der Waals surface area (Å²) in [5.74, 6) is -0.261. The van der Waals surface area contributed by atoms with E-state index in [4.69, 9.17) is 28.6 Å². The molecule has 0 radical (unpaired) electrons. The summed E-state index contributed by atoms with van der Waals surface area (Å²) in [7, 11) is 1.61. The SMILES string of the molecule is COCCCn1c(=S)[nH]c2cc(C(=O)NC(C)c3ccccc3Cl)ccc2c1=O. The van der Waals surface area contributed by atoms with Crippen LogP contribution in [0.15, 0.2) is 47.3 Å². The molecule has 6 nitrogen and oxygen atoms in total. The summed E-state index contributed by atoms with van der Waals surface area (Å²) in [6.07, 6.45) is 0.680. The van der Waals surface area contributed by atoms with E-state index in [0.29, 0.717) is 45.8 Å². The number of carbonyl (C=O) groups excluding carboxylic acids is 1. The van der Waals surface area contributed by atoms with E-state index in [2.05, 4.69) is 10.3 Å². The molecule has 1 unspecified atom stereocenters. The first kappa shape index (κ1) is 21.2. The summed E-state index contributed by atoms with van der Waals surface area (Å²) in [6, 6.07) is 12.0. The maximum atomic E-state index is 12.7. The molecule has 1 atom stereocenters. The van der Waals surface area contributed by atoms with Crippen LogP contribution in [0.4, 0.5) is 0 Å². The van der Waals surface area contributed by atoms with Gasteiger partial charge in [-0.15, -0.1) is 0 Å². The maximum Gasteiger partial charge on any atom is 0.262 e. The first-order chi connectivity index (χ1) is 13.9. The molecule has 1 heterocycles. The van der Waals surface area contributed by atoms with Gasteiger partial charge in [0, 0.05) is 30.8 Å². The fraction of sp³-hybridized carbons (Fsp3) is 0.286. The van der Waals surface area contributed by atoms with Crippen molar-refractivity contribution in [2.24, 2.45) is 0 Å². The molecule has 3 aromatic rings. The van der Waals surface area contributed by atoms with Crippen molar-refractivity contribution in [3.63, 3.8) is 0 Å². The van der Waals surface area contributed by atoms with Gasteiger partial charge in [-0.05, 0) is 55.4 Å². The van der Waals surface area contributed by atoms with Crippen LogP contribution >= 0.6 is 23.8 Å². The predicted octanol–water partition coefficient (Wildman–Crippen LogP) is 4.24. The molecule has 0 saturated carbocycles. The van der Waals surface area contributed by atoms with Crippen LogP contribution in [0.5, 0.6) is 0 Å². The molecular formula is C21H22ClN3O3S. The van der Waals surface area contributed by atoms with E-state index in [1.54, 1.807) is 31.4 Å². The third-order valence-electron chi connectivity index (χ3n) is 4.69. The Morgan fingerprint density at radius 1 is 1.31 bits per heavy atom. The number of hydrogen-bond donors (Lipinski definition) is 2. The Bertz CT molecular complexity index is 1160. The number of benzene rings is 2. The monoisotopic (exact) mass is 431 g/mol. The van der Waals surface area contributed by atoms with E-state index in [-0.39, 0.29) is 17.5 Å². The Morgan fingerprint density at radius 2 is 2.07 bits per heavy atom. The third kappa shape index (κ3) is 4.75. The highest BCUT2D eigenvalue weighted by Gasteiger charge is 2.15. The van der Waals surface area contributed by atoms with Crippen molar-refractivity contribution in [2.45, 2.75) is 25.9 Å². The number of ether oxygens (including phenoxy) is 1. The average Bonchev–Trinajstić information content (AvgIpc) is 2.70. The van der Waals surface area contributed by atoms with Crippen molar-refractivity contribution in [3.8, 4) is 0 Å². The number of nitrogens with zero attached hydrogens (tertiary/aromatic N) is 1. The van der Waals surface area contributed by atoms with Crippen LogP contribution in [0, 0.1) is 4.77 Å². The fourth-order valence-electron chi connectivity index (χ4n) is 3.15. The second-order valence-electron chi connectivity index (χ2n) is 6.71. The van der Waals surface area contributed by atoms with Crippen LogP contribution in [0.1, 0.15) is 35.3 Å². The number of methoxy groups -OCH3 is 1. The van der Waals surface area contributed by atoms with Crippen LogP contribution in [-0.2, 0) is 11.3 Å². The summed E-state index contributed by atoms with van der Waals surface area (Å²) in [4.78, 5) is 28.5. The van der Waals surface area contributed by atoms with Crippen molar-refractivity contribution < 1.29 is 9.53 Å². The predicted molar refractivity (Wildman–Crippen MR) is 117 cm³/mol. The van der Waals surface area contributed by atoms with Gasteiger partial charge in [0.15, 0.2) is 4.77 Å². The number of rotatable bonds is 7. The minimum atomic E-state index is -0.265. The largest absolute Gasteiger partial charge is 0.385 e. The topological polar surface area (TPSA) is 76.1 Å². The molecular weight excluding hydrogens is 410 g/mol. The smallest absolute Gasteiger partial charge is 0.262 e. The van der Waals surface area contributed by atoms with Crippen molar-refractivity contribution in [3.05, 3.63) is 73.7 Å². The molecule has 0 spiro atoms. The van der Waals surface area contributed by atoms with Crippen LogP contribution in [-0.4, -0.2) is 29.2 Å². The molecule has 152 valence electrons. The lowest BCUT2D eigenvalue weighted by Gasteiger charge is -2.16. The molecule has 2 aromatic carbocycles. The summed E-state index contributed by atoms with van der Waals surface area (Å²) in [5.41, 5.74) is 1.61. The minimum Gasteiger partial charge on any atom is -0.385 e. The third-order valence-corrected chi connectivity index (χ3v) is 5.36. The van der Waals surface area contributed by atoms with Gasteiger partial charge in [0.25, 0.3) is 11.5 Å². The number of H-pyrrole nitrogens is 1. The minimum absolute atomic E-state index is 0.184. The Morgan fingerprint density at radius 3 is 2.79 bits per heavy atom. The van der Waals surface area contributed by atoms with Crippen molar-refractivity contribution in [1.29, 1.82) is 0 Å². The highest BCUT2D eigenvalue weighted by Crippen LogP contribution is 2.22. The number of aromatic nitrogens is 2. The van der Waals surface area contributed by atoms with Gasteiger partial charge in [0.2, 0.25) is 0 Å². The van der Waals surface area contributed by atoms with E-state index in [0.717, 1.165) is 5.56 Å². The number of nitrogens with one attached hydrogen (secondary N) is 2. The number of hydrogen-bond acceptors (Lipinski definition) is 4. The number of halogens is 1. The highest BCUT2D eigenvalue weighted by molar-refractivity contribution is 7.71. The van der Waals surface area contributed by atoms with Crippen LogP contribution in [0.25, 0.3) is 10.9 Å². The second-order valence-corrected chi connectivity index (χ2v) is 7.50. The zero-order valence-electron chi connectivity index (χ0n) is 16.2. The first-order valence-corrected chi connectivity index (χ1v) is 10.0. The molecule has 0 aliphatic heterocycles. The van der Waals surface area contributed by atoms with Crippen molar-refractivity contribution >= 4 is 40.6 Å². The molecule has 8 heteroatoms. The van der Waals surface area contributed by atoms with Gasteiger partial charge in [-0.1, -0.05) is 29.8 Å². The van der Waals surface area contributed by atoms with Crippen LogP contribution in [0.2, 0.25) is 5.02 Å². The second kappa shape index (κ2) is 9.35. The highest BCUT2D eigenvalue weighted by atomic mass is 35.5. The summed E-state index contributed by atoms with van der Waals surface area (Å²) in [6.45, 7) is 2.88. The van der Waals surface area contributed by atoms with Crippen molar-refractivity contribution in [1.82, 2.24) is 14.9 Å². The fourth-order valence-corrected chi connectivity index (χ4v) is 3.73. The summed E-state index contributed by atoms with van der Waals surface area (Å²) in [5, 5.41) is 4.01.